The van der Waals surface area contributed by atoms with E-state index in [1.807, 2.05) is 0 Å². The van der Waals surface area contributed by atoms with Gasteiger partial charge in [-0.05, 0) is 36.5 Å². The highest BCUT2D eigenvalue weighted by Gasteiger charge is 2.21. The summed E-state index contributed by atoms with van der Waals surface area (Å²) in [5.74, 6) is 0.599. The van der Waals surface area contributed by atoms with E-state index in [4.69, 9.17) is 26.4 Å². The van der Waals surface area contributed by atoms with Crippen LogP contribution in [-0.4, -0.2) is 66.0 Å². The van der Waals surface area contributed by atoms with E-state index in [0.717, 1.165) is 0 Å². The fraction of sp³-hybridized carbons (Fsp3) is 0.261. The summed E-state index contributed by atoms with van der Waals surface area (Å²) in [5, 5.41) is 17.4. The van der Waals surface area contributed by atoms with Crippen LogP contribution in [0.2, 0.25) is 0 Å². The first kappa shape index (κ1) is 22.6. The van der Waals surface area contributed by atoms with Crippen LogP contribution in [0.1, 0.15) is 5.56 Å². The molecule has 0 bridgehead atoms. The number of benzene rings is 2. The van der Waals surface area contributed by atoms with Gasteiger partial charge in [-0.1, -0.05) is 24.3 Å². The van der Waals surface area contributed by atoms with Gasteiger partial charge in [-0.15, -0.1) is 0 Å². The first-order valence-corrected chi connectivity index (χ1v) is 10.7. The number of para-hydroxylation sites is 4. The first-order valence-electron chi connectivity index (χ1n) is 10.3. The molecule has 1 N–H and O–H groups in total. The largest absolute Gasteiger partial charge is 0.495 e. The zero-order chi connectivity index (χ0) is 23.4. The van der Waals surface area contributed by atoms with Gasteiger partial charge >= 0.3 is 0 Å². The highest BCUT2D eigenvalue weighted by molar-refractivity contribution is 7.71. The van der Waals surface area contributed by atoms with Gasteiger partial charge in [-0.2, -0.15) is 5.10 Å². The minimum absolute atomic E-state index is 0.0214. The highest BCUT2D eigenvalue weighted by Crippen LogP contribution is 2.29. The maximum absolute atomic E-state index is 13.6. The van der Waals surface area contributed by atoms with Gasteiger partial charge in [-0.25, -0.2) is 4.57 Å². The Bertz CT molecular complexity index is 1290. The molecule has 1 aromatic heterocycles. The van der Waals surface area contributed by atoms with Crippen molar-refractivity contribution < 1.29 is 19.3 Å². The van der Waals surface area contributed by atoms with Crippen molar-refractivity contribution in [1.29, 1.82) is 0 Å². The van der Waals surface area contributed by atoms with E-state index in [2.05, 4.69) is 5.10 Å². The van der Waals surface area contributed by atoms with Gasteiger partial charge in [0.1, 0.15) is 17.1 Å². The molecule has 1 aliphatic heterocycles. The van der Waals surface area contributed by atoms with Crippen molar-refractivity contribution in [2.24, 2.45) is 5.10 Å². The summed E-state index contributed by atoms with van der Waals surface area (Å²) >= 11 is 5.70. The van der Waals surface area contributed by atoms with Gasteiger partial charge in [0, 0.05) is 0 Å². The summed E-state index contributed by atoms with van der Waals surface area (Å²) in [4.78, 5) is 13.6. The first-order chi connectivity index (χ1) is 16.1. The monoisotopic (exact) mass is 468 g/mol. The van der Waals surface area contributed by atoms with Crippen LogP contribution >= 0.6 is 12.2 Å². The second-order valence-electron chi connectivity index (χ2n) is 7.15. The number of hydrogen-bond donors (Lipinski definition) is 1. The predicted molar refractivity (Wildman–Crippen MR) is 127 cm³/mol. The van der Waals surface area contributed by atoms with Gasteiger partial charge < -0.3 is 19.3 Å². The van der Waals surface area contributed by atoms with Crippen LogP contribution in [0.5, 0.6) is 17.4 Å². The number of ether oxygens (including phenoxy) is 3. The second kappa shape index (κ2) is 9.88. The molecule has 0 spiro atoms. The fourth-order valence-corrected chi connectivity index (χ4v) is 3.96. The molecule has 1 fully saturated rings. The average Bonchev–Trinajstić information content (AvgIpc) is 2.85. The molecule has 0 saturated carbocycles. The molecule has 2 heterocycles. The number of hydrogen-bond acceptors (Lipinski definition) is 8. The number of aromatic nitrogens is 2. The molecule has 9 nitrogen and oxygen atoms in total. The van der Waals surface area contributed by atoms with Gasteiger partial charge in [0.25, 0.3) is 5.56 Å². The third-order valence-electron chi connectivity index (χ3n) is 5.26. The number of methoxy groups -OCH3 is 2. The van der Waals surface area contributed by atoms with E-state index in [-0.39, 0.29) is 16.2 Å². The molecule has 0 amide bonds. The molecule has 4 rings (SSSR count). The normalized spacial score (nSPS) is 13.9. The molecule has 33 heavy (non-hydrogen) atoms. The molecule has 3 aromatic rings. The van der Waals surface area contributed by atoms with Gasteiger partial charge in [-0.3, -0.25) is 14.4 Å². The van der Waals surface area contributed by atoms with Crippen LogP contribution in [0.3, 0.4) is 0 Å². The SMILES string of the molecule is COc1ccccc1-n1c(O)c(/C=N/N2CCOCC2)c(=O)n(-c2ccccc2OC)c1=S. The second-order valence-corrected chi connectivity index (χ2v) is 7.52. The Morgan fingerprint density at radius 3 is 2.09 bits per heavy atom. The van der Waals surface area contributed by atoms with Crippen LogP contribution in [-0.2, 0) is 4.74 Å². The summed E-state index contributed by atoms with van der Waals surface area (Å²) in [7, 11) is 3.04. The van der Waals surface area contributed by atoms with Gasteiger partial charge in [0.05, 0.1) is 58.1 Å². The molecule has 10 heteroatoms. The van der Waals surface area contributed by atoms with Crippen molar-refractivity contribution >= 4 is 18.4 Å². The van der Waals surface area contributed by atoms with Crippen molar-refractivity contribution in [3.8, 4) is 28.8 Å². The summed E-state index contributed by atoms with van der Waals surface area (Å²) < 4.78 is 19.1. The molecule has 1 aliphatic rings. The molecule has 0 aliphatic carbocycles. The van der Waals surface area contributed by atoms with E-state index in [9.17, 15) is 9.90 Å². The summed E-state index contributed by atoms with van der Waals surface area (Å²) in [5.41, 5.74) is 0.379. The van der Waals surface area contributed by atoms with Crippen molar-refractivity contribution in [3.63, 3.8) is 0 Å². The molecule has 1 saturated heterocycles. The van der Waals surface area contributed by atoms with Crippen LogP contribution in [0.4, 0.5) is 0 Å². The van der Waals surface area contributed by atoms with Crippen LogP contribution < -0.4 is 15.0 Å². The lowest BCUT2D eigenvalue weighted by Crippen LogP contribution is -2.33. The number of nitrogens with zero attached hydrogens (tertiary/aromatic N) is 4. The Hall–Kier alpha value is -3.63. The number of aromatic hydroxyl groups is 1. The maximum Gasteiger partial charge on any atom is 0.271 e. The third kappa shape index (κ3) is 4.35. The molecular weight excluding hydrogens is 444 g/mol. The Labute approximate surface area is 195 Å². The molecule has 0 atom stereocenters. The molecule has 172 valence electrons. The zero-order valence-electron chi connectivity index (χ0n) is 18.3. The van der Waals surface area contributed by atoms with E-state index >= 15 is 0 Å². The third-order valence-corrected chi connectivity index (χ3v) is 5.62. The van der Waals surface area contributed by atoms with Crippen LogP contribution in [0, 0.1) is 4.77 Å². The lowest BCUT2D eigenvalue weighted by Gasteiger charge is -2.24. The summed E-state index contributed by atoms with van der Waals surface area (Å²) in [6, 6.07) is 14.1. The predicted octanol–water partition coefficient (Wildman–Crippen LogP) is 2.75. The fourth-order valence-electron chi connectivity index (χ4n) is 3.59. The smallest absolute Gasteiger partial charge is 0.271 e. The number of rotatable bonds is 6. The van der Waals surface area contributed by atoms with Gasteiger partial charge in [0.2, 0.25) is 5.88 Å². The summed E-state index contributed by atoms with van der Waals surface area (Å²) in [6.45, 7) is 2.26. The molecular formula is C23H24N4O5S. The van der Waals surface area contributed by atoms with Crippen molar-refractivity contribution in [1.82, 2.24) is 14.1 Å². The summed E-state index contributed by atoms with van der Waals surface area (Å²) in [6.07, 6.45) is 1.36. The Morgan fingerprint density at radius 1 is 0.970 bits per heavy atom. The van der Waals surface area contributed by atoms with E-state index in [1.165, 1.54) is 29.6 Å². The lowest BCUT2D eigenvalue weighted by atomic mass is 10.2. The lowest BCUT2D eigenvalue weighted by molar-refractivity contribution is 0.0396. The quantitative estimate of drug-likeness (QED) is 0.439. The van der Waals surface area contributed by atoms with E-state index < -0.39 is 5.56 Å². The molecule has 2 aromatic carbocycles. The standard InChI is InChI=1S/C23H24N4O5S/c1-30-19-9-5-3-7-17(19)26-21(28)16(15-24-25-11-13-32-14-12-25)22(29)27(23(26)33)18-8-4-6-10-20(18)31-2/h3-10,15,28H,11-14H2,1-2H3/b24-15+. The Kier molecular flexibility index (Phi) is 6.76. The van der Waals surface area contributed by atoms with Crippen LogP contribution in [0.25, 0.3) is 11.4 Å². The zero-order valence-corrected chi connectivity index (χ0v) is 19.1. The Balaban J connectivity index is 2.02. The van der Waals surface area contributed by atoms with Crippen molar-refractivity contribution in [2.75, 3.05) is 40.5 Å². The van der Waals surface area contributed by atoms with Gasteiger partial charge in [0.15, 0.2) is 4.77 Å². The minimum Gasteiger partial charge on any atom is -0.495 e. The molecule has 0 radical (unpaired) electrons. The number of hydrazone groups is 1. The average molecular weight is 469 g/mol. The maximum atomic E-state index is 13.6. The topological polar surface area (TPSA) is 90.5 Å². The minimum atomic E-state index is -0.523. The van der Waals surface area contributed by atoms with E-state index in [0.29, 0.717) is 49.2 Å². The number of morpholine rings is 1. The van der Waals surface area contributed by atoms with Crippen molar-refractivity contribution in [2.45, 2.75) is 0 Å². The van der Waals surface area contributed by atoms with Crippen LogP contribution in [0.15, 0.2) is 58.4 Å². The molecule has 0 unspecified atom stereocenters. The van der Waals surface area contributed by atoms with Crippen molar-refractivity contribution in [3.05, 3.63) is 69.2 Å². The Morgan fingerprint density at radius 2 is 1.52 bits per heavy atom. The highest BCUT2D eigenvalue weighted by atomic mass is 32.1. The van der Waals surface area contributed by atoms with E-state index in [1.54, 1.807) is 53.5 Å².